The molecule has 0 amide bonds. The highest BCUT2D eigenvalue weighted by molar-refractivity contribution is 8.01. The Balaban J connectivity index is 1.19. The van der Waals surface area contributed by atoms with E-state index in [4.69, 9.17) is 9.97 Å². The van der Waals surface area contributed by atoms with Crippen LogP contribution >= 0.6 is 11.8 Å². The molecule has 0 fully saturated rings. The monoisotopic (exact) mass is 619 g/mol. The molecule has 2 aliphatic rings. The summed E-state index contributed by atoms with van der Waals surface area (Å²) < 4.78 is 2.28. The third-order valence-corrected chi connectivity index (χ3v) is 11.5. The van der Waals surface area contributed by atoms with Crippen LogP contribution in [0, 0.1) is 0 Å². The molecule has 10 rings (SSSR count). The van der Waals surface area contributed by atoms with E-state index in [9.17, 15) is 0 Å². The van der Waals surface area contributed by atoms with Gasteiger partial charge in [-0.3, -0.25) is 4.57 Å². The maximum Gasteiger partial charge on any atom is 0.235 e. The Morgan fingerprint density at radius 2 is 1.45 bits per heavy atom. The van der Waals surface area contributed by atoms with E-state index < -0.39 is 0 Å². The quantitative estimate of drug-likeness (QED) is 0.197. The minimum atomic E-state index is 0.0379. The number of benzene rings is 6. The van der Waals surface area contributed by atoms with Crippen LogP contribution in [-0.2, 0) is 0 Å². The van der Waals surface area contributed by atoms with Gasteiger partial charge in [0.05, 0.1) is 22.2 Å². The van der Waals surface area contributed by atoms with E-state index in [0.717, 1.165) is 33.2 Å². The molecule has 6 aromatic carbocycles. The van der Waals surface area contributed by atoms with E-state index in [1.165, 1.54) is 43.1 Å². The van der Waals surface area contributed by atoms with E-state index in [2.05, 4.69) is 163 Å². The second-order valence-electron chi connectivity index (χ2n) is 12.7. The number of thioether (sulfide) groups is 1. The Labute approximate surface area is 276 Å². The molecule has 4 heteroatoms. The molecule has 47 heavy (non-hydrogen) atoms. The molecule has 1 aliphatic carbocycles. The zero-order valence-electron chi connectivity index (χ0n) is 25.8. The number of fused-ring (bicyclic) bond motifs is 9. The first kappa shape index (κ1) is 26.7. The van der Waals surface area contributed by atoms with Crippen LogP contribution in [0.4, 0.5) is 0 Å². The average Bonchev–Trinajstić information content (AvgIpc) is 3.63. The zero-order chi connectivity index (χ0) is 31.1. The van der Waals surface area contributed by atoms with Gasteiger partial charge in [-0.2, -0.15) is 0 Å². The fourth-order valence-electron chi connectivity index (χ4n) is 7.76. The van der Waals surface area contributed by atoms with Crippen LogP contribution in [0.3, 0.4) is 0 Å². The van der Waals surface area contributed by atoms with Gasteiger partial charge in [0.15, 0.2) is 0 Å². The van der Waals surface area contributed by atoms with Crippen LogP contribution in [0.2, 0.25) is 0 Å². The molecule has 0 saturated heterocycles. The average molecular weight is 620 g/mol. The molecule has 2 atom stereocenters. The minimum absolute atomic E-state index is 0.0379. The van der Waals surface area contributed by atoms with Crippen molar-refractivity contribution in [2.24, 2.45) is 0 Å². The first-order valence-corrected chi connectivity index (χ1v) is 16.9. The Morgan fingerprint density at radius 1 is 0.660 bits per heavy atom. The summed E-state index contributed by atoms with van der Waals surface area (Å²) in [5, 5.41) is 5.94. The first-order valence-electron chi connectivity index (χ1n) is 16.1. The standard InChI is InChI=1S/C43H29N3S/c1-43-25-9-8-20-35(43)32-19-11-18-31(41(32)47-43)28-13-10-14-29(26-28)40-33-16-4-6-21-36(33)44-42(45-40)46-37-22-7-5-17-34(37)39-30-15-3-2-12-27(30)23-24-38(39)46/h2-26,35H,1H3. The largest absolute Gasteiger partial charge is 0.278 e. The van der Waals surface area contributed by atoms with Gasteiger partial charge in [-0.1, -0.05) is 127 Å². The summed E-state index contributed by atoms with van der Waals surface area (Å²) in [6, 6.07) is 45.7. The molecule has 2 aromatic heterocycles. The van der Waals surface area contributed by atoms with Crippen LogP contribution in [-0.4, -0.2) is 19.3 Å². The zero-order valence-corrected chi connectivity index (χ0v) is 26.6. The third-order valence-electron chi connectivity index (χ3n) is 9.96. The number of hydrogen-bond donors (Lipinski definition) is 0. The fourth-order valence-corrected chi connectivity index (χ4v) is 9.29. The van der Waals surface area contributed by atoms with Gasteiger partial charge in [-0.05, 0) is 58.7 Å². The molecule has 222 valence electrons. The van der Waals surface area contributed by atoms with Gasteiger partial charge in [0.2, 0.25) is 5.95 Å². The van der Waals surface area contributed by atoms with Crippen molar-refractivity contribution in [1.29, 1.82) is 0 Å². The van der Waals surface area contributed by atoms with Crippen molar-refractivity contribution in [2.75, 3.05) is 0 Å². The molecule has 3 heterocycles. The Morgan fingerprint density at radius 3 is 2.38 bits per heavy atom. The smallest absolute Gasteiger partial charge is 0.235 e. The van der Waals surface area contributed by atoms with Crippen molar-refractivity contribution in [2.45, 2.75) is 22.5 Å². The van der Waals surface area contributed by atoms with E-state index >= 15 is 0 Å². The molecular formula is C43H29N3S. The second kappa shape index (κ2) is 10.0. The maximum atomic E-state index is 5.40. The Bertz CT molecular complexity index is 2650. The first-order chi connectivity index (χ1) is 23.2. The van der Waals surface area contributed by atoms with Gasteiger partial charge >= 0.3 is 0 Å². The summed E-state index contributed by atoms with van der Waals surface area (Å²) >= 11 is 1.98. The summed E-state index contributed by atoms with van der Waals surface area (Å²) in [6.45, 7) is 2.36. The summed E-state index contributed by atoms with van der Waals surface area (Å²) in [6.07, 6.45) is 9.08. The summed E-state index contributed by atoms with van der Waals surface area (Å²) in [7, 11) is 0. The maximum absolute atomic E-state index is 5.40. The highest BCUT2D eigenvalue weighted by Gasteiger charge is 2.42. The number of allylic oxidation sites excluding steroid dienone is 3. The third kappa shape index (κ3) is 3.95. The molecular weight excluding hydrogens is 591 g/mol. The van der Waals surface area contributed by atoms with Crippen LogP contribution in [0.15, 0.2) is 157 Å². The molecule has 0 saturated carbocycles. The number of hydrogen-bond acceptors (Lipinski definition) is 3. The van der Waals surface area contributed by atoms with Gasteiger partial charge in [0.1, 0.15) is 0 Å². The topological polar surface area (TPSA) is 30.7 Å². The molecule has 3 nitrogen and oxygen atoms in total. The lowest BCUT2D eigenvalue weighted by atomic mass is 9.83. The number of para-hydroxylation sites is 2. The lowest BCUT2D eigenvalue weighted by Gasteiger charge is -2.27. The van der Waals surface area contributed by atoms with Gasteiger partial charge in [-0.25, -0.2) is 9.97 Å². The highest BCUT2D eigenvalue weighted by atomic mass is 32.2. The van der Waals surface area contributed by atoms with Gasteiger partial charge < -0.3 is 0 Å². The van der Waals surface area contributed by atoms with E-state index in [1.54, 1.807) is 0 Å². The SMILES string of the molecule is CC12C=CC=CC1c1cccc(-c3cccc(-c4nc(-n5c6ccccc6c6c7ccccc7ccc65)nc5ccccc45)c3)c1S2. The van der Waals surface area contributed by atoms with Crippen molar-refractivity contribution in [1.82, 2.24) is 14.5 Å². The molecule has 0 N–H and O–H groups in total. The Kier molecular flexibility index (Phi) is 5.70. The highest BCUT2D eigenvalue weighted by Crippen LogP contribution is 2.58. The molecule has 1 aliphatic heterocycles. The molecule has 8 aromatic rings. The molecule has 0 radical (unpaired) electrons. The number of rotatable bonds is 3. The van der Waals surface area contributed by atoms with Crippen LogP contribution < -0.4 is 0 Å². The van der Waals surface area contributed by atoms with E-state index in [1.807, 2.05) is 11.8 Å². The minimum Gasteiger partial charge on any atom is -0.278 e. The summed E-state index contributed by atoms with van der Waals surface area (Å²) in [4.78, 5) is 12.0. The van der Waals surface area contributed by atoms with Gasteiger partial charge in [0.25, 0.3) is 0 Å². The second-order valence-corrected chi connectivity index (χ2v) is 14.2. The molecule has 0 bridgehead atoms. The fraction of sp³-hybridized carbons (Fsp3) is 0.0698. The van der Waals surface area contributed by atoms with Crippen molar-refractivity contribution < 1.29 is 0 Å². The van der Waals surface area contributed by atoms with Gasteiger partial charge in [0, 0.05) is 37.3 Å². The van der Waals surface area contributed by atoms with Crippen molar-refractivity contribution in [3.05, 3.63) is 157 Å². The van der Waals surface area contributed by atoms with Crippen LogP contribution in [0.1, 0.15) is 18.4 Å². The lowest BCUT2D eigenvalue weighted by Crippen LogP contribution is -2.22. The molecule has 0 spiro atoms. The number of aromatic nitrogens is 3. The van der Waals surface area contributed by atoms with Crippen molar-refractivity contribution in [3.8, 4) is 28.3 Å². The van der Waals surface area contributed by atoms with Crippen LogP contribution in [0.5, 0.6) is 0 Å². The van der Waals surface area contributed by atoms with Crippen molar-refractivity contribution in [3.63, 3.8) is 0 Å². The summed E-state index contributed by atoms with van der Waals surface area (Å²) in [5.74, 6) is 1.06. The Hall–Kier alpha value is -5.45. The predicted octanol–water partition coefficient (Wildman–Crippen LogP) is 11.3. The van der Waals surface area contributed by atoms with Crippen molar-refractivity contribution >= 4 is 55.2 Å². The van der Waals surface area contributed by atoms with E-state index in [0.29, 0.717) is 11.9 Å². The lowest BCUT2D eigenvalue weighted by molar-refractivity contribution is 0.702. The van der Waals surface area contributed by atoms with E-state index in [-0.39, 0.29) is 4.75 Å². The summed E-state index contributed by atoms with van der Waals surface area (Å²) in [5.41, 5.74) is 9.04. The number of nitrogens with zero attached hydrogens (tertiary/aromatic N) is 3. The van der Waals surface area contributed by atoms with Crippen LogP contribution in [0.25, 0.3) is 71.8 Å². The molecule has 2 unspecified atom stereocenters. The van der Waals surface area contributed by atoms with Gasteiger partial charge in [-0.15, -0.1) is 11.8 Å². The normalized spacial score (nSPS) is 18.4. The predicted molar refractivity (Wildman–Crippen MR) is 198 cm³/mol.